The first-order valence-corrected chi connectivity index (χ1v) is 7.94. The highest BCUT2D eigenvalue weighted by Gasteiger charge is 2.10. The van der Waals surface area contributed by atoms with Gasteiger partial charge in [-0.05, 0) is 18.6 Å². The number of benzene rings is 1. The van der Waals surface area contributed by atoms with E-state index in [4.69, 9.17) is 0 Å². The van der Waals surface area contributed by atoms with E-state index in [2.05, 4.69) is 5.32 Å². The van der Waals surface area contributed by atoms with Crippen molar-refractivity contribution in [2.24, 2.45) is 0 Å². The summed E-state index contributed by atoms with van der Waals surface area (Å²) in [5.74, 6) is -0.542. The van der Waals surface area contributed by atoms with Gasteiger partial charge in [0.15, 0.2) is 9.84 Å². The Morgan fingerprint density at radius 1 is 1.35 bits per heavy atom. The van der Waals surface area contributed by atoms with Gasteiger partial charge >= 0.3 is 0 Å². The van der Waals surface area contributed by atoms with Crippen molar-refractivity contribution in [2.75, 3.05) is 6.54 Å². The van der Waals surface area contributed by atoms with E-state index in [-0.39, 0.29) is 11.4 Å². The Labute approximate surface area is 119 Å². The van der Waals surface area contributed by atoms with Gasteiger partial charge in [-0.15, -0.1) is 0 Å². The monoisotopic (exact) mass is 297 g/mol. The molecule has 2 N–H and O–H groups in total. The van der Waals surface area contributed by atoms with Gasteiger partial charge in [-0.3, -0.25) is 4.79 Å². The molecule has 1 aromatic rings. The highest BCUT2D eigenvalue weighted by Crippen LogP contribution is 2.10. The van der Waals surface area contributed by atoms with E-state index in [9.17, 15) is 18.3 Å². The second-order valence-electron chi connectivity index (χ2n) is 4.35. The molecule has 20 heavy (non-hydrogen) atoms. The van der Waals surface area contributed by atoms with E-state index >= 15 is 0 Å². The minimum atomic E-state index is -3.61. The third-order valence-electron chi connectivity index (χ3n) is 2.60. The van der Waals surface area contributed by atoms with Gasteiger partial charge in [0.05, 0.1) is 11.0 Å². The summed E-state index contributed by atoms with van der Waals surface area (Å²) in [5.41, 5.74) is 0. The summed E-state index contributed by atoms with van der Waals surface area (Å²) < 4.78 is 23.7. The van der Waals surface area contributed by atoms with Crippen LogP contribution < -0.4 is 5.32 Å². The third-order valence-corrected chi connectivity index (χ3v) is 4.03. The molecule has 0 saturated carbocycles. The van der Waals surface area contributed by atoms with Crippen molar-refractivity contribution in [3.05, 3.63) is 41.8 Å². The highest BCUT2D eigenvalue weighted by atomic mass is 32.2. The summed E-state index contributed by atoms with van der Waals surface area (Å²) in [5, 5.41) is 12.8. The fraction of sp³-hybridized carbons (Fsp3) is 0.357. The second-order valence-corrected chi connectivity index (χ2v) is 6.18. The van der Waals surface area contributed by atoms with Crippen LogP contribution in [0.25, 0.3) is 0 Å². The van der Waals surface area contributed by atoms with Crippen LogP contribution in [-0.4, -0.2) is 32.1 Å². The third kappa shape index (κ3) is 5.54. The van der Waals surface area contributed by atoms with E-state index in [1.165, 1.54) is 12.1 Å². The molecule has 0 aliphatic rings. The number of nitrogens with one attached hydrogen (secondary N) is 1. The van der Waals surface area contributed by atoms with Crippen LogP contribution in [0.1, 0.15) is 19.8 Å². The van der Waals surface area contributed by atoms with Gasteiger partial charge in [0.25, 0.3) is 0 Å². The summed E-state index contributed by atoms with van der Waals surface area (Å²) in [7, 11) is -3.61. The summed E-state index contributed by atoms with van der Waals surface area (Å²) >= 11 is 0. The van der Waals surface area contributed by atoms with Crippen LogP contribution in [0.3, 0.4) is 0 Å². The molecule has 0 aliphatic heterocycles. The Bertz CT molecular complexity index is 552. The molecule has 0 fully saturated rings. The highest BCUT2D eigenvalue weighted by molar-refractivity contribution is 7.94. The number of sulfone groups is 1. The van der Waals surface area contributed by atoms with Crippen LogP contribution in [0.2, 0.25) is 0 Å². The van der Waals surface area contributed by atoms with Crippen molar-refractivity contribution in [1.82, 2.24) is 5.32 Å². The molecule has 6 heteroatoms. The molecule has 0 radical (unpaired) electrons. The molecular formula is C14H19NO4S. The van der Waals surface area contributed by atoms with Crippen LogP contribution in [-0.2, 0) is 14.6 Å². The summed E-state index contributed by atoms with van der Waals surface area (Å²) in [6.07, 6.45) is 1.76. The molecule has 1 amide bonds. The number of aliphatic hydroxyl groups excluding tert-OH is 1. The van der Waals surface area contributed by atoms with Gasteiger partial charge in [-0.1, -0.05) is 31.5 Å². The number of aliphatic hydroxyl groups is 1. The Morgan fingerprint density at radius 2 is 2.00 bits per heavy atom. The molecule has 110 valence electrons. The molecule has 0 heterocycles. The number of carbonyl (C=O) groups excluding carboxylic acids is 1. The summed E-state index contributed by atoms with van der Waals surface area (Å²) in [6, 6.07) is 7.86. The summed E-state index contributed by atoms with van der Waals surface area (Å²) in [6.45, 7) is 2.04. The lowest BCUT2D eigenvalue weighted by molar-refractivity contribution is -0.116. The lowest BCUT2D eigenvalue weighted by Crippen LogP contribution is -2.30. The zero-order valence-corrected chi connectivity index (χ0v) is 12.1. The van der Waals surface area contributed by atoms with Crippen molar-refractivity contribution >= 4 is 15.7 Å². The van der Waals surface area contributed by atoms with Crippen molar-refractivity contribution in [3.63, 3.8) is 0 Å². The Kier molecular flexibility index (Phi) is 6.41. The number of rotatable bonds is 7. The SMILES string of the molecule is CCCC(O)CNC(=O)/C=C/S(=O)(=O)c1ccccc1. The zero-order valence-electron chi connectivity index (χ0n) is 11.3. The number of hydrogen-bond donors (Lipinski definition) is 2. The van der Waals surface area contributed by atoms with Crippen LogP contribution in [0.5, 0.6) is 0 Å². The molecule has 1 atom stereocenters. The standard InChI is InChI=1S/C14H19NO4S/c1-2-6-12(16)11-15-14(17)9-10-20(18,19)13-7-4-3-5-8-13/h3-5,7-10,12,16H,2,6,11H2,1H3,(H,15,17)/b10-9+. The largest absolute Gasteiger partial charge is 0.391 e. The topological polar surface area (TPSA) is 83.5 Å². The molecule has 5 nitrogen and oxygen atoms in total. The van der Waals surface area contributed by atoms with Gasteiger partial charge < -0.3 is 10.4 Å². The zero-order chi connectivity index (χ0) is 15.0. The van der Waals surface area contributed by atoms with Crippen molar-refractivity contribution < 1.29 is 18.3 Å². The van der Waals surface area contributed by atoms with Crippen molar-refractivity contribution in [3.8, 4) is 0 Å². The Morgan fingerprint density at radius 3 is 2.60 bits per heavy atom. The van der Waals surface area contributed by atoms with Crippen LogP contribution in [0, 0.1) is 0 Å². The van der Waals surface area contributed by atoms with Crippen LogP contribution >= 0.6 is 0 Å². The molecule has 0 saturated heterocycles. The molecule has 0 aromatic heterocycles. The summed E-state index contributed by atoms with van der Waals surface area (Å²) in [4.78, 5) is 11.6. The van der Waals surface area contributed by atoms with Gasteiger partial charge in [-0.2, -0.15) is 0 Å². The van der Waals surface area contributed by atoms with Gasteiger partial charge in [0.2, 0.25) is 5.91 Å². The normalized spacial score (nSPS) is 13.3. The smallest absolute Gasteiger partial charge is 0.244 e. The van der Waals surface area contributed by atoms with E-state index in [0.29, 0.717) is 6.42 Å². The van der Waals surface area contributed by atoms with Crippen LogP contribution in [0.4, 0.5) is 0 Å². The average Bonchev–Trinajstić information content (AvgIpc) is 2.44. The van der Waals surface area contributed by atoms with E-state index in [1.807, 2.05) is 6.92 Å². The first-order valence-electron chi connectivity index (χ1n) is 6.40. The second kappa shape index (κ2) is 7.81. The maximum absolute atomic E-state index is 11.9. The number of carbonyl (C=O) groups is 1. The van der Waals surface area contributed by atoms with Gasteiger partial charge in [0.1, 0.15) is 0 Å². The molecule has 0 bridgehead atoms. The molecule has 1 rings (SSSR count). The number of hydrogen-bond acceptors (Lipinski definition) is 4. The molecule has 1 aromatic carbocycles. The first kappa shape index (κ1) is 16.4. The Hall–Kier alpha value is -1.66. The first-order chi connectivity index (χ1) is 9.45. The quantitative estimate of drug-likeness (QED) is 0.742. The molecule has 0 spiro atoms. The predicted molar refractivity (Wildman–Crippen MR) is 76.7 cm³/mol. The van der Waals surface area contributed by atoms with E-state index in [0.717, 1.165) is 17.9 Å². The molecule has 1 unspecified atom stereocenters. The lowest BCUT2D eigenvalue weighted by Gasteiger charge is -2.08. The number of amides is 1. The Balaban J connectivity index is 2.57. The maximum Gasteiger partial charge on any atom is 0.244 e. The van der Waals surface area contributed by atoms with E-state index < -0.39 is 21.8 Å². The lowest BCUT2D eigenvalue weighted by atomic mass is 10.2. The fourth-order valence-electron chi connectivity index (χ4n) is 1.55. The molecular weight excluding hydrogens is 278 g/mol. The van der Waals surface area contributed by atoms with Gasteiger partial charge in [0, 0.05) is 18.0 Å². The van der Waals surface area contributed by atoms with Crippen molar-refractivity contribution in [2.45, 2.75) is 30.8 Å². The average molecular weight is 297 g/mol. The maximum atomic E-state index is 11.9. The predicted octanol–water partition coefficient (Wildman–Crippen LogP) is 1.25. The fourth-order valence-corrected chi connectivity index (χ4v) is 2.55. The minimum absolute atomic E-state index is 0.113. The van der Waals surface area contributed by atoms with Crippen molar-refractivity contribution in [1.29, 1.82) is 0 Å². The van der Waals surface area contributed by atoms with Crippen LogP contribution in [0.15, 0.2) is 46.7 Å². The van der Waals surface area contributed by atoms with E-state index in [1.54, 1.807) is 18.2 Å². The van der Waals surface area contributed by atoms with Gasteiger partial charge in [-0.25, -0.2) is 8.42 Å². The minimum Gasteiger partial charge on any atom is -0.391 e. The molecule has 0 aliphatic carbocycles.